The van der Waals surface area contributed by atoms with Gasteiger partial charge in [0.1, 0.15) is 0 Å². The van der Waals surface area contributed by atoms with Crippen molar-refractivity contribution in [2.75, 3.05) is 24.5 Å². The lowest BCUT2D eigenvalue weighted by Gasteiger charge is -2.32. The van der Waals surface area contributed by atoms with E-state index in [1.54, 1.807) is 5.56 Å². The first-order valence-electron chi connectivity index (χ1n) is 7.64. The highest BCUT2D eigenvalue weighted by atomic mass is 15.1. The fourth-order valence-corrected chi connectivity index (χ4v) is 2.96. The van der Waals surface area contributed by atoms with Gasteiger partial charge in [0.05, 0.1) is 0 Å². The Kier molecular flexibility index (Phi) is 4.87. The minimum Gasteiger partial charge on any atom is -0.371 e. The summed E-state index contributed by atoms with van der Waals surface area (Å²) in [5.41, 5.74) is 4.53. The largest absolute Gasteiger partial charge is 0.371 e. The van der Waals surface area contributed by atoms with Gasteiger partial charge >= 0.3 is 0 Å². The number of anilines is 1. The Morgan fingerprint density at radius 3 is 2.42 bits per heavy atom. The van der Waals surface area contributed by atoms with Crippen molar-refractivity contribution in [2.45, 2.75) is 40.7 Å². The molecular formula is C17H28N2. The molecular weight excluding hydrogens is 232 g/mol. The van der Waals surface area contributed by atoms with Crippen molar-refractivity contribution in [1.82, 2.24) is 5.32 Å². The molecule has 0 bridgehead atoms. The van der Waals surface area contributed by atoms with Crippen LogP contribution in [0.5, 0.6) is 0 Å². The van der Waals surface area contributed by atoms with Crippen LogP contribution in [-0.2, 0) is 13.0 Å². The second-order valence-corrected chi connectivity index (χ2v) is 6.53. The molecule has 1 aromatic rings. The predicted octanol–water partition coefficient (Wildman–Crippen LogP) is 3.45. The zero-order chi connectivity index (χ0) is 13.8. The summed E-state index contributed by atoms with van der Waals surface area (Å²) in [7, 11) is 0. The first-order valence-corrected chi connectivity index (χ1v) is 7.64. The van der Waals surface area contributed by atoms with Crippen molar-refractivity contribution in [3.63, 3.8) is 0 Å². The summed E-state index contributed by atoms with van der Waals surface area (Å²) in [5, 5.41) is 3.47. The maximum atomic E-state index is 3.47. The Hall–Kier alpha value is -1.02. The first-order chi connectivity index (χ1) is 9.08. The van der Waals surface area contributed by atoms with Crippen molar-refractivity contribution in [3.05, 3.63) is 29.3 Å². The molecule has 19 heavy (non-hydrogen) atoms. The van der Waals surface area contributed by atoms with E-state index in [1.165, 1.54) is 11.3 Å². The zero-order valence-corrected chi connectivity index (χ0v) is 12.9. The van der Waals surface area contributed by atoms with Crippen LogP contribution in [0.3, 0.4) is 0 Å². The molecule has 1 aromatic carbocycles. The highest BCUT2D eigenvalue weighted by Crippen LogP contribution is 2.28. The van der Waals surface area contributed by atoms with Gasteiger partial charge in [-0.1, -0.05) is 39.8 Å². The molecule has 0 saturated carbocycles. The Morgan fingerprint density at radius 1 is 1.11 bits per heavy atom. The third-order valence-corrected chi connectivity index (χ3v) is 3.63. The third-order valence-electron chi connectivity index (χ3n) is 3.63. The average Bonchev–Trinajstić information content (AvgIpc) is 2.36. The molecule has 2 nitrogen and oxygen atoms in total. The molecule has 0 spiro atoms. The third kappa shape index (κ3) is 3.73. The predicted molar refractivity (Wildman–Crippen MR) is 83.7 cm³/mol. The molecule has 0 saturated heterocycles. The minimum absolute atomic E-state index is 0.705. The molecule has 0 unspecified atom stereocenters. The lowest BCUT2D eigenvalue weighted by molar-refractivity contribution is 0.548. The number of rotatable bonds is 5. The molecule has 0 fully saturated rings. The highest BCUT2D eigenvalue weighted by molar-refractivity contribution is 5.57. The highest BCUT2D eigenvalue weighted by Gasteiger charge is 2.18. The van der Waals surface area contributed by atoms with E-state index in [0.717, 1.165) is 32.6 Å². The molecule has 1 heterocycles. The molecule has 2 rings (SSSR count). The maximum absolute atomic E-state index is 3.47. The molecule has 0 radical (unpaired) electrons. The van der Waals surface area contributed by atoms with Gasteiger partial charge in [0.2, 0.25) is 0 Å². The average molecular weight is 260 g/mol. The van der Waals surface area contributed by atoms with Gasteiger partial charge in [0, 0.05) is 25.3 Å². The van der Waals surface area contributed by atoms with Crippen LogP contribution in [0.25, 0.3) is 0 Å². The van der Waals surface area contributed by atoms with E-state index in [9.17, 15) is 0 Å². The summed E-state index contributed by atoms with van der Waals surface area (Å²) in [6.45, 7) is 13.7. The lowest BCUT2D eigenvalue weighted by atomic mass is 9.97. The number of fused-ring (bicyclic) bond motifs is 1. The van der Waals surface area contributed by atoms with Gasteiger partial charge in [-0.25, -0.2) is 0 Å². The van der Waals surface area contributed by atoms with E-state index in [4.69, 9.17) is 0 Å². The second kappa shape index (κ2) is 6.42. The van der Waals surface area contributed by atoms with Crippen LogP contribution in [0.2, 0.25) is 0 Å². The molecule has 1 aliphatic heterocycles. The van der Waals surface area contributed by atoms with Crippen molar-refractivity contribution in [1.29, 1.82) is 0 Å². The monoisotopic (exact) mass is 260 g/mol. The van der Waals surface area contributed by atoms with Crippen LogP contribution in [0.1, 0.15) is 38.8 Å². The maximum Gasteiger partial charge on any atom is 0.0402 e. The standard InChI is InChI=1S/C17H28N2/c1-13(2)11-19(12-14(3)4)17-7-5-6-15-10-18-9-8-16(15)17/h5-7,13-14,18H,8-12H2,1-4H3. The van der Waals surface area contributed by atoms with Gasteiger partial charge in [-0.15, -0.1) is 0 Å². The quantitative estimate of drug-likeness (QED) is 0.872. The topological polar surface area (TPSA) is 15.3 Å². The second-order valence-electron chi connectivity index (χ2n) is 6.53. The van der Waals surface area contributed by atoms with Crippen LogP contribution in [0.15, 0.2) is 18.2 Å². The lowest BCUT2D eigenvalue weighted by Crippen LogP contribution is -2.34. The molecule has 1 N–H and O–H groups in total. The van der Waals surface area contributed by atoms with Gasteiger partial charge in [0.25, 0.3) is 0 Å². The van der Waals surface area contributed by atoms with E-state index >= 15 is 0 Å². The molecule has 0 amide bonds. The zero-order valence-electron chi connectivity index (χ0n) is 12.9. The summed E-state index contributed by atoms with van der Waals surface area (Å²) in [6, 6.07) is 6.80. The summed E-state index contributed by atoms with van der Waals surface area (Å²) in [5.74, 6) is 1.41. The van der Waals surface area contributed by atoms with Gasteiger partial charge in [-0.05, 0) is 42.0 Å². The summed E-state index contributed by atoms with van der Waals surface area (Å²) >= 11 is 0. The number of nitrogens with zero attached hydrogens (tertiary/aromatic N) is 1. The summed E-state index contributed by atoms with van der Waals surface area (Å²) in [4.78, 5) is 2.60. The van der Waals surface area contributed by atoms with Crippen LogP contribution >= 0.6 is 0 Å². The van der Waals surface area contributed by atoms with E-state index in [0.29, 0.717) is 11.8 Å². The number of benzene rings is 1. The smallest absolute Gasteiger partial charge is 0.0402 e. The van der Waals surface area contributed by atoms with Crippen molar-refractivity contribution in [2.24, 2.45) is 11.8 Å². The van der Waals surface area contributed by atoms with E-state index < -0.39 is 0 Å². The SMILES string of the molecule is CC(C)CN(CC(C)C)c1cccc2c1CCNC2. The Balaban J connectivity index is 2.29. The number of hydrogen-bond donors (Lipinski definition) is 1. The summed E-state index contributed by atoms with van der Waals surface area (Å²) in [6.07, 6.45) is 1.16. The number of nitrogens with one attached hydrogen (secondary N) is 1. The van der Waals surface area contributed by atoms with E-state index in [-0.39, 0.29) is 0 Å². The fraction of sp³-hybridized carbons (Fsp3) is 0.647. The van der Waals surface area contributed by atoms with Gasteiger partial charge in [-0.2, -0.15) is 0 Å². The van der Waals surface area contributed by atoms with Crippen molar-refractivity contribution in [3.8, 4) is 0 Å². The molecule has 0 atom stereocenters. The van der Waals surface area contributed by atoms with Gasteiger partial charge < -0.3 is 10.2 Å². The molecule has 2 heteroatoms. The summed E-state index contributed by atoms with van der Waals surface area (Å²) < 4.78 is 0. The Morgan fingerprint density at radius 2 is 1.79 bits per heavy atom. The van der Waals surface area contributed by atoms with Crippen molar-refractivity contribution >= 4 is 5.69 Å². The van der Waals surface area contributed by atoms with Gasteiger partial charge in [0.15, 0.2) is 0 Å². The minimum atomic E-state index is 0.705. The van der Waals surface area contributed by atoms with Gasteiger partial charge in [-0.3, -0.25) is 0 Å². The van der Waals surface area contributed by atoms with Crippen LogP contribution in [0.4, 0.5) is 5.69 Å². The molecule has 106 valence electrons. The molecule has 0 aliphatic carbocycles. The Labute approximate surface area is 118 Å². The van der Waals surface area contributed by atoms with Crippen LogP contribution < -0.4 is 10.2 Å². The Bertz CT molecular complexity index is 400. The molecule has 1 aliphatic rings. The van der Waals surface area contributed by atoms with E-state index in [2.05, 4.69) is 56.1 Å². The number of hydrogen-bond acceptors (Lipinski definition) is 2. The van der Waals surface area contributed by atoms with Crippen LogP contribution in [-0.4, -0.2) is 19.6 Å². The van der Waals surface area contributed by atoms with Crippen molar-refractivity contribution < 1.29 is 0 Å². The fourth-order valence-electron chi connectivity index (χ4n) is 2.96. The van der Waals surface area contributed by atoms with Crippen LogP contribution in [0, 0.1) is 11.8 Å². The van der Waals surface area contributed by atoms with E-state index in [1.807, 2.05) is 0 Å². The normalized spacial score (nSPS) is 14.8. The first kappa shape index (κ1) is 14.4. The molecule has 0 aromatic heterocycles.